The van der Waals surface area contributed by atoms with E-state index in [0.29, 0.717) is 50.5 Å². The topological polar surface area (TPSA) is 133 Å². The number of piperidine rings is 1. The first-order valence-electron chi connectivity index (χ1n) is 12.1. The highest BCUT2D eigenvalue weighted by Gasteiger charge is 2.42. The summed E-state index contributed by atoms with van der Waals surface area (Å²) in [5.41, 5.74) is 2.65. The number of ether oxygens (including phenoxy) is 1. The van der Waals surface area contributed by atoms with Crippen LogP contribution in [0.4, 0.5) is 5.69 Å². The first-order valence-corrected chi connectivity index (χ1v) is 12.1. The Balaban J connectivity index is 1.41. The van der Waals surface area contributed by atoms with Crippen molar-refractivity contribution in [1.82, 2.24) is 9.80 Å². The van der Waals surface area contributed by atoms with E-state index in [1.165, 1.54) is 0 Å². The van der Waals surface area contributed by atoms with Crippen LogP contribution in [-0.2, 0) is 9.59 Å². The lowest BCUT2D eigenvalue weighted by atomic mass is 9.84. The molecule has 2 heterocycles. The van der Waals surface area contributed by atoms with E-state index in [9.17, 15) is 14.7 Å². The van der Waals surface area contributed by atoms with E-state index in [2.05, 4.69) is 16.0 Å². The van der Waals surface area contributed by atoms with E-state index >= 15 is 0 Å². The molecule has 2 aliphatic rings. The number of benzene rings is 2. The van der Waals surface area contributed by atoms with Crippen LogP contribution in [0.25, 0.3) is 0 Å². The maximum Gasteiger partial charge on any atom is 0.309 e. The zero-order valence-electron chi connectivity index (χ0n) is 20.6. The number of carboxylic acids is 1. The number of aliphatic carboxylic acids is 1. The van der Waals surface area contributed by atoms with Crippen LogP contribution in [-0.4, -0.2) is 72.1 Å². The van der Waals surface area contributed by atoms with Crippen LogP contribution in [0.1, 0.15) is 17.5 Å². The highest BCUT2D eigenvalue weighted by molar-refractivity contribution is 5.86. The molecule has 2 fully saturated rings. The standard InChI is InChI=1S/C27H28N6O4/c1-19-15-20(16-28)7-8-24(19)31-11-13-32(14-12-31)25(34)22-9-10-33(17-23(22)26(35)36)27(30-18-29)37-21-5-3-2-4-6-21/h2-8,15,22-23H,9-14,17H2,1H3,(H,35,36). The van der Waals surface area contributed by atoms with Gasteiger partial charge in [0, 0.05) is 45.0 Å². The summed E-state index contributed by atoms with van der Waals surface area (Å²) in [6.45, 7) is 4.55. The van der Waals surface area contributed by atoms with Gasteiger partial charge in [0.05, 0.1) is 23.5 Å². The van der Waals surface area contributed by atoms with Crippen LogP contribution in [0.3, 0.4) is 0 Å². The first kappa shape index (κ1) is 25.5. The zero-order valence-corrected chi connectivity index (χ0v) is 20.6. The van der Waals surface area contributed by atoms with Crippen molar-refractivity contribution in [3.8, 4) is 18.0 Å². The average Bonchev–Trinajstić information content (AvgIpc) is 2.92. The third-order valence-corrected chi connectivity index (χ3v) is 6.87. The maximum absolute atomic E-state index is 13.4. The number of carbonyl (C=O) groups excluding carboxylic acids is 1. The van der Waals surface area contributed by atoms with Gasteiger partial charge >= 0.3 is 12.0 Å². The molecule has 0 radical (unpaired) electrons. The third kappa shape index (κ3) is 5.81. The number of piperazine rings is 1. The van der Waals surface area contributed by atoms with Crippen molar-refractivity contribution < 1.29 is 19.4 Å². The molecule has 2 atom stereocenters. The lowest BCUT2D eigenvalue weighted by Crippen LogP contribution is -2.55. The van der Waals surface area contributed by atoms with Crippen molar-refractivity contribution in [2.75, 3.05) is 44.2 Å². The van der Waals surface area contributed by atoms with Gasteiger partial charge in [-0.1, -0.05) is 18.2 Å². The molecule has 4 rings (SSSR count). The summed E-state index contributed by atoms with van der Waals surface area (Å²) in [6.07, 6.45) is 2.03. The minimum atomic E-state index is -1.06. The van der Waals surface area contributed by atoms with Crippen molar-refractivity contribution in [2.24, 2.45) is 16.8 Å². The highest BCUT2D eigenvalue weighted by atomic mass is 16.5. The van der Waals surface area contributed by atoms with E-state index < -0.39 is 17.8 Å². The van der Waals surface area contributed by atoms with E-state index in [-0.39, 0.29) is 18.5 Å². The second-order valence-corrected chi connectivity index (χ2v) is 9.12. The molecule has 1 N–H and O–H groups in total. The number of aryl methyl sites for hydroxylation is 1. The van der Waals surface area contributed by atoms with Crippen LogP contribution >= 0.6 is 0 Å². The molecule has 10 heteroatoms. The third-order valence-electron chi connectivity index (χ3n) is 6.87. The smallest absolute Gasteiger partial charge is 0.309 e. The van der Waals surface area contributed by atoms with Gasteiger partial charge in [0.25, 0.3) is 0 Å². The van der Waals surface area contributed by atoms with Crippen molar-refractivity contribution >= 4 is 23.6 Å². The Bertz CT molecular complexity index is 1260. The Hall–Kier alpha value is -4.57. The molecule has 37 heavy (non-hydrogen) atoms. The lowest BCUT2D eigenvalue weighted by Gasteiger charge is -2.41. The van der Waals surface area contributed by atoms with E-state index in [4.69, 9.17) is 15.3 Å². The summed E-state index contributed by atoms with van der Waals surface area (Å²) >= 11 is 0. The Morgan fingerprint density at radius 3 is 2.35 bits per heavy atom. The Kier molecular flexibility index (Phi) is 7.89. The SMILES string of the molecule is Cc1cc(C#N)ccc1N1CCN(C(=O)C2CCN(C(=NC#N)Oc3ccccc3)CC2C(=O)O)CC1. The van der Waals surface area contributed by atoms with Crippen molar-refractivity contribution in [3.63, 3.8) is 0 Å². The summed E-state index contributed by atoms with van der Waals surface area (Å²) in [5, 5.41) is 28.2. The maximum atomic E-state index is 13.4. The molecule has 0 bridgehead atoms. The molecule has 190 valence electrons. The number of aliphatic imine (C=N–C) groups is 1. The summed E-state index contributed by atoms with van der Waals surface area (Å²) in [7, 11) is 0. The number of carbonyl (C=O) groups is 2. The first-order chi connectivity index (χ1) is 17.9. The fraction of sp³-hybridized carbons (Fsp3) is 0.370. The molecule has 0 spiro atoms. The monoisotopic (exact) mass is 500 g/mol. The number of para-hydroxylation sites is 1. The molecule has 2 saturated heterocycles. The molecule has 0 aromatic heterocycles. The zero-order chi connectivity index (χ0) is 26.4. The number of nitrogens with zero attached hydrogens (tertiary/aromatic N) is 6. The molecular weight excluding hydrogens is 472 g/mol. The van der Waals surface area contributed by atoms with Crippen LogP contribution in [0, 0.1) is 41.5 Å². The van der Waals surface area contributed by atoms with Gasteiger partial charge in [-0.05, 0) is 49.2 Å². The second-order valence-electron chi connectivity index (χ2n) is 9.12. The minimum Gasteiger partial charge on any atom is -0.481 e. The molecule has 2 aliphatic heterocycles. The normalized spacial score (nSPS) is 20.1. The number of amides is 1. The van der Waals surface area contributed by atoms with Gasteiger partial charge in [-0.15, -0.1) is 4.99 Å². The summed E-state index contributed by atoms with van der Waals surface area (Å²) in [5.74, 6) is -2.37. The summed E-state index contributed by atoms with van der Waals surface area (Å²) in [4.78, 5) is 34.9. The fourth-order valence-electron chi connectivity index (χ4n) is 4.95. The number of rotatable bonds is 4. The molecule has 2 aromatic carbocycles. The number of carboxylic acid groups (broad SMARTS) is 1. The van der Waals surface area contributed by atoms with Crippen molar-refractivity contribution in [3.05, 3.63) is 59.7 Å². The van der Waals surface area contributed by atoms with Gasteiger partial charge in [-0.3, -0.25) is 9.59 Å². The minimum absolute atomic E-state index is 0.0173. The number of hydrogen-bond acceptors (Lipinski definition) is 7. The van der Waals surface area contributed by atoms with Gasteiger partial charge in [-0.25, -0.2) is 0 Å². The van der Waals surface area contributed by atoms with Gasteiger partial charge in [0.2, 0.25) is 12.1 Å². The average molecular weight is 501 g/mol. The predicted molar refractivity (Wildman–Crippen MR) is 136 cm³/mol. The number of likely N-dealkylation sites (tertiary alicyclic amines) is 1. The molecule has 2 unspecified atom stereocenters. The van der Waals surface area contributed by atoms with Crippen molar-refractivity contribution in [1.29, 1.82) is 10.5 Å². The molecule has 2 aromatic rings. The Morgan fingerprint density at radius 2 is 1.73 bits per heavy atom. The predicted octanol–water partition coefficient (Wildman–Crippen LogP) is 2.45. The van der Waals surface area contributed by atoms with Crippen molar-refractivity contribution in [2.45, 2.75) is 13.3 Å². The van der Waals surface area contributed by atoms with Crippen LogP contribution in [0.2, 0.25) is 0 Å². The van der Waals surface area contributed by atoms with Crippen LogP contribution < -0.4 is 9.64 Å². The van der Waals surface area contributed by atoms with Gasteiger partial charge in [0.15, 0.2) is 0 Å². The number of anilines is 1. The van der Waals surface area contributed by atoms with Gasteiger partial charge < -0.3 is 24.5 Å². The van der Waals surface area contributed by atoms with Crippen LogP contribution in [0.5, 0.6) is 5.75 Å². The largest absolute Gasteiger partial charge is 0.481 e. The Morgan fingerprint density at radius 1 is 1.00 bits per heavy atom. The highest BCUT2D eigenvalue weighted by Crippen LogP contribution is 2.29. The second kappa shape index (κ2) is 11.4. The fourth-order valence-corrected chi connectivity index (χ4v) is 4.95. The number of hydrogen-bond donors (Lipinski definition) is 1. The van der Waals surface area contributed by atoms with Gasteiger partial charge in [0.1, 0.15) is 5.75 Å². The Labute approximate surface area is 215 Å². The number of nitriles is 2. The van der Waals surface area contributed by atoms with E-state index in [1.807, 2.05) is 25.1 Å². The molecular formula is C27H28N6O4. The van der Waals surface area contributed by atoms with Crippen LogP contribution in [0.15, 0.2) is 53.5 Å². The summed E-state index contributed by atoms with van der Waals surface area (Å²) < 4.78 is 5.75. The molecule has 0 saturated carbocycles. The van der Waals surface area contributed by atoms with E-state index in [0.717, 1.165) is 11.3 Å². The van der Waals surface area contributed by atoms with E-state index in [1.54, 1.807) is 46.3 Å². The van der Waals surface area contributed by atoms with Gasteiger partial charge in [-0.2, -0.15) is 10.5 Å². The molecule has 1 amide bonds. The molecule has 10 nitrogen and oxygen atoms in total. The summed E-state index contributed by atoms with van der Waals surface area (Å²) in [6, 6.07) is 16.6. The number of amidine groups is 1. The quantitative estimate of drug-likeness (QED) is 0.385. The molecule has 0 aliphatic carbocycles. The lowest BCUT2D eigenvalue weighted by molar-refractivity contribution is -0.153.